The van der Waals surface area contributed by atoms with Gasteiger partial charge in [0, 0.05) is 25.7 Å². The fourth-order valence-corrected chi connectivity index (χ4v) is 4.07. The summed E-state index contributed by atoms with van der Waals surface area (Å²) in [4.78, 5) is 17.1. The Morgan fingerprint density at radius 1 is 1.23 bits per heavy atom. The van der Waals surface area contributed by atoms with Gasteiger partial charge in [0.2, 0.25) is 5.89 Å². The smallest absolute Gasteiger partial charge is 0.315 e. The number of aromatic nitrogens is 2. The minimum absolute atomic E-state index is 0.127. The molecule has 1 atom stereocenters. The fourth-order valence-electron chi connectivity index (χ4n) is 4.07. The maximum atomic E-state index is 12.6. The first-order valence-electron chi connectivity index (χ1n) is 10.0. The lowest BCUT2D eigenvalue weighted by Crippen LogP contribution is -2.44. The van der Waals surface area contributed by atoms with Gasteiger partial charge in [0.1, 0.15) is 6.04 Å². The summed E-state index contributed by atoms with van der Waals surface area (Å²) in [7, 11) is 0. The van der Waals surface area contributed by atoms with Crippen LogP contribution in [0.25, 0.3) is 0 Å². The number of nitrogens with one attached hydrogen (secondary N) is 2. The molecule has 26 heavy (non-hydrogen) atoms. The van der Waals surface area contributed by atoms with Gasteiger partial charge in [0.15, 0.2) is 5.82 Å². The second-order valence-electron chi connectivity index (χ2n) is 8.54. The number of rotatable bonds is 7. The Hall–Kier alpha value is -1.63. The molecule has 144 valence electrons. The topological polar surface area (TPSA) is 89.3 Å². The highest BCUT2D eigenvalue weighted by molar-refractivity contribution is 5.74. The van der Waals surface area contributed by atoms with Crippen LogP contribution < -0.4 is 10.6 Å². The van der Waals surface area contributed by atoms with Crippen molar-refractivity contribution in [3.63, 3.8) is 0 Å². The molecule has 1 saturated heterocycles. The molecule has 3 fully saturated rings. The van der Waals surface area contributed by atoms with E-state index in [1.807, 2.05) is 13.8 Å². The molecule has 2 aliphatic carbocycles. The van der Waals surface area contributed by atoms with E-state index in [4.69, 9.17) is 9.26 Å². The molecular weight excluding hydrogens is 332 g/mol. The van der Waals surface area contributed by atoms with Crippen LogP contribution in [-0.4, -0.2) is 35.9 Å². The Labute approximate surface area is 154 Å². The van der Waals surface area contributed by atoms with Gasteiger partial charge in [-0.1, -0.05) is 19.0 Å². The summed E-state index contributed by atoms with van der Waals surface area (Å²) < 4.78 is 11.0. The quantitative estimate of drug-likeness (QED) is 0.778. The van der Waals surface area contributed by atoms with E-state index < -0.39 is 0 Å². The van der Waals surface area contributed by atoms with Crippen molar-refractivity contribution in [2.45, 2.75) is 64.3 Å². The second kappa shape index (κ2) is 7.18. The van der Waals surface area contributed by atoms with E-state index in [-0.39, 0.29) is 23.9 Å². The van der Waals surface area contributed by atoms with Gasteiger partial charge in [-0.3, -0.25) is 0 Å². The third kappa shape index (κ3) is 3.87. The average molecular weight is 362 g/mol. The molecule has 2 saturated carbocycles. The largest absolute Gasteiger partial charge is 0.381 e. The molecule has 1 aromatic heterocycles. The summed E-state index contributed by atoms with van der Waals surface area (Å²) in [6, 6.07) is -0.382. The minimum Gasteiger partial charge on any atom is -0.381 e. The standard InChI is InChI=1S/C19H30N4O3/c1-12(2)16-22-17(26-23-16)15(13-5-9-25-10-6-13)21-18(24)20-11-19(7-8-19)14-3-4-14/h12-15H,3-11H2,1-2H3,(H2,20,21,24)/t15-/m0/s1. The second-order valence-corrected chi connectivity index (χ2v) is 8.54. The van der Waals surface area contributed by atoms with Crippen LogP contribution in [0.15, 0.2) is 4.52 Å². The molecule has 0 aromatic carbocycles. The third-order valence-corrected chi connectivity index (χ3v) is 6.20. The van der Waals surface area contributed by atoms with Gasteiger partial charge in [0.05, 0.1) is 0 Å². The monoisotopic (exact) mass is 362 g/mol. The number of ether oxygens (including phenoxy) is 1. The normalized spacial score (nSPS) is 23.7. The number of urea groups is 1. The first-order valence-corrected chi connectivity index (χ1v) is 10.0. The number of nitrogens with zero attached hydrogens (tertiary/aromatic N) is 2. The molecule has 7 nitrogen and oxygen atoms in total. The van der Waals surface area contributed by atoms with Crippen LogP contribution in [0.1, 0.15) is 76.0 Å². The predicted molar refractivity (Wildman–Crippen MR) is 95.6 cm³/mol. The van der Waals surface area contributed by atoms with Crippen molar-refractivity contribution in [2.75, 3.05) is 19.8 Å². The van der Waals surface area contributed by atoms with Crippen molar-refractivity contribution in [3.8, 4) is 0 Å². The van der Waals surface area contributed by atoms with Crippen LogP contribution in [0, 0.1) is 17.3 Å². The maximum absolute atomic E-state index is 12.6. The number of carbonyl (C=O) groups excluding carboxylic acids is 1. The molecule has 0 bridgehead atoms. The lowest BCUT2D eigenvalue weighted by Gasteiger charge is -2.29. The Morgan fingerprint density at radius 2 is 1.96 bits per heavy atom. The van der Waals surface area contributed by atoms with E-state index >= 15 is 0 Å². The zero-order chi connectivity index (χ0) is 18.1. The Bertz CT molecular complexity index is 630. The molecule has 1 aromatic rings. The summed E-state index contributed by atoms with van der Waals surface area (Å²) in [5.74, 6) is 2.49. The van der Waals surface area contributed by atoms with Crippen LogP contribution >= 0.6 is 0 Å². The molecule has 2 N–H and O–H groups in total. The maximum Gasteiger partial charge on any atom is 0.315 e. The van der Waals surface area contributed by atoms with Crippen molar-refractivity contribution in [1.29, 1.82) is 0 Å². The van der Waals surface area contributed by atoms with E-state index in [0.29, 0.717) is 30.3 Å². The van der Waals surface area contributed by atoms with E-state index in [2.05, 4.69) is 20.8 Å². The number of amides is 2. The highest BCUT2D eigenvalue weighted by Gasteiger charge is 2.53. The van der Waals surface area contributed by atoms with Crippen molar-refractivity contribution in [2.24, 2.45) is 17.3 Å². The lowest BCUT2D eigenvalue weighted by molar-refractivity contribution is 0.0503. The van der Waals surface area contributed by atoms with Gasteiger partial charge < -0.3 is 19.9 Å². The molecule has 1 aliphatic heterocycles. The Morgan fingerprint density at radius 3 is 2.54 bits per heavy atom. The summed E-state index contributed by atoms with van der Waals surface area (Å²) in [5.41, 5.74) is 0.390. The molecular formula is C19H30N4O3. The third-order valence-electron chi connectivity index (χ3n) is 6.20. The molecule has 0 unspecified atom stereocenters. The van der Waals surface area contributed by atoms with E-state index in [0.717, 1.165) is 25.3 Å². The van der Waals surface area contributed by atoms with E-state index in [1.54, 1.807) is 0 Å². The summed E-state index contributed by atoms with van der Waals surface area (Å²) in [6.45, 7) is 6.27. The van der Waals surface area contributed by atoms with E-state index in [9.17, 15) is 4.79 Å². The Kier molecular flexibility index (Phi) is 4.90. The molecule has 4 rings (SSSR count). The van der Waals surface area contributed by atoms with Gasteiger partial charge >= 0.3 is 6.03 Å². The zero-order valence-electron chi connectivity index (χ0n) is 15.8. The SMILES string of the molecule is CC(C)c1noc([C@@H](NC(=O)NCC2(C3CC3)CC2)C2CCOCC2)n1. The first-order chi connectivity index (χ1) is 12.6. The van der Waals surface area contributed by atoms with Gasteiger partial charge in [-0.2, -0.15) is 4.98 Å². The van der Waals surface area contributed by atoms with Gasteiger partial charge in [0.25, 0.3) is 0 Å². The van der Waals surface area contributed by atoms with Crippen molar-refractivity contribution in [3.05, 3.63) is 11.7 Å². The fraction of sp³-hybridized carbons (Fsp3) is 0.842. The summed E-state index contributed by atoms with van der Waals surface area (Å²) in [6.07, 6.45) is 6.93. The molecule has 2 heterocycles. The zero-order valence-corrected chi connectivity index (χ0v) is 15.8. The summed E-state index contributed by atoms with van der Waals surface area (Å²) in [5, 5.41) is 10.3. The minimum atomic E-state index is -0.255. The lowest BCUT2D eigenvalue weighted by atomic mass is 9.91. The van der Waals surface area contributed by atoms with Crippen LogP contribution in [0.2, 0.25) is 0 Å². The van der Waals surface area contributed by atoms with Crippen LogP contribution in [0.3, 0.4) is 0 Å². The van der Waals surface area contributed by atoms with Gasteiger partial charge in [-0.25, -0.2) is 4.79 Å². The summed E-state index contributed by atoms with van der Waals surface area (Å²) >= 11 is 0. The first kappa shape index (κ1) is 17.8. The Balaban J connectivity index is 1.40. The predicted octanol–water partition coefficient (Wildman–Crippen LogP) is 3.15. The molecule has 0 spiro atoms. The van der Waals surface area contributed by atoms with Gasteiger partial charge in [-0.15, -0.1) is 0 Å². The van der Waals surface area contributed by atoms with Crippen molar-refractivity contribution < 1.29 is 14.1 Å². The highest BCUT2D eigenvalue weighted by Crippen LogP contribution is 2.60. The molecule has 7 heteroatoms. The number of carbonyl (C=O) groups is 1. The average Bonchev–Trinajstić information content (AvgIpc) is 3.56. The molecule has 3 aliphatic rings. The van der Waals surface area contributed by atoms with Crippen molar-refractivity contribution >= 4 is 6.03 Å². The number of hydrogen-bond acceptors (Lipinski definition) is 5. The highest BCUT2D eigenvalue weighted by atomic mass is 16.5. The van der Waals surface area contributed by atoms with Crippen LogP contribution in [0.5, 0.6) is 0 Å². The molecule has 2 amide bonds. The van der Waals surface area contributed by atoms with E-state index in [1.165, 1.54) is 25.7 Å². The van der Waals surface area contributed by atoms with Crippen molar-refractivity contribution in [1.82, 2.24) is 20.8 Å². The van der Waals surface area contributed by atoms with Crippen LogP contribution in [0.4, 0.5) is 4.79 Å². The molecule has 0 radical (unpaired) electrons. The van der Waals surface area contributed by atoms with Gasteiger partial charge in [-0.05, 0) is 55.8 Å². The number of hydrogen-bond donors (Lipinski definition) is 2. The van der Waals surface area contributed by atoms with Crippen LogP contribution in [-0.2, 0) is 4.74 Å².